The van der Waals surface area contributed by atoms with E-state index in [-0.39, 0.29) is 12.0 Å². The molecule has 0 spiro atoms. The highest BCUT2D eigenvalue weighted by molar-refractivity contribution is 5.54. The Labute approximate surface area is 136 Å². The van der Waals surface area contributed by atoms with Crippen LogP contribution in [0.4, 0.5) is 0 Å². The summed E-state index contributed by atoms with van der Waals surface area (Å²) in [6.07, 6.45) is 5.10. The maximum Gasteiger partial charge on any atom is 0.226 e. The third-order valence-corrected chi connectivity index (χ3v) is 4.51. The monoisotopic (exact) mass is 313 g/mol. The normalized spacial score (nSPS) is 21.3. The lowest BCUT2D eigenvalue weighted by Gasteiger charge is -2.25. The maximum absolute atomic E-state index is 10.9. The van der Waals surface area contributed by atoms with Gasteiger partial charge < -0.3 is 13.9 Å². The molecule has 1 aliphatic rings. The molecule has 1 fully saturated rings. The van der Waals surface area contributed by atoms with Gasteiger partial charge in [0, 0.05) is 11.5 Å². The Morgan fingerprint density at radius 1 is 1.26 bits per heavy atom. The van der Waals surface area contributed by atoms with Gasteiger partial charge in [0.25, 0.3) is 0 Å². The van der Waals surface area contributed by atoms with Crippen LogP contribution in [0.15, 0.2) is 28.7 Å². The fourth-order valence-electron chi connectivity index (χ4n) is 3.03. The summed E-state index contributed by atoms with van der Waals surface area (Å²) in [7, 11) is 0. The molecule has 0 radical (unpaired) electrons. The molecular formula is C19H23NO3. The second kappa shape index (κ2) is 7.09. The van der Waals surface area contributed by atoms with Gasteiger partial charge in [-0.05, 0) is 45.2 Å². The highest BCUT2D eigenvalue weighted by Crippen LogP contribution is 2.27. The van der Waals surface area contributed by atoms with Crippen molar-refractivity contribution in [2.45, 2.75) is 52.2 Å². The second-order valence-electron chi connectivity index (χ2n) is 6.38. The number of aryl methyl sites for hydroxylation is 2. The third kappa shape index (κ3) is 3.88. The Balaban J connectivity index is 1.64. The first kappa shape index (κ1) is 15.9. The summed E-state index contributed by atoms with van der Waals surface area (Å²) in [5, 5.41) is 0. The average molecular weight is 313 g/mol. The minimum absolute atomic E-state index is 0.148. The molecule has 1 saturated carbocycles. The molecule has 122 valence electrons. The quantitative estimate of drug-likeness (QED) is 0.775. The first-order chi connectivity index (χ1) is 11.2. The van der Waals surface area contributed by atoms with Crippen LogP contribution in [0.2, 0.25) is 0 Å². The summed E-state index contributed by atoms with van der Waals surface area (Å²) in [5.41, 5.74) is 3.03. The standard InChI is InChI=1S/C19H23NO3/c1-13-6-8-16(9-7-13)19-20-18(14(2)23-19)12-22-17-5-3-4-15(10-17)11-21/h6-9,11,15,17H,3-5,10,12H2,1-2H3/t15-,17+/m0/s1. The van der Waals surface area contributed by atoms with E-state index < -0.39 is 0 Å². The van der Waals surface area contributed by atoms with E-state index in [0.29, 0.717) is 12.5 Å². The van der Waals surface area contributed by atoms with Gasteiger partial charge in [-0.15, -0.1) is 0 Å². The molecule has 1 aromatic heterocycles. The van der Waals surface area contributed by atoms with E-state index in [9.17, 15) is 4.79 Å². The predicted octanol–water partition coefficient (Wildman–Crippen LogP) is 4.23. The van der Waals surface area contributed by atoms with Crippen LogP contribution in [0.25, 0.3) is 11.5 Å². The van der Waals surface area contributed by atoms with Crippen molar-refractivity contribution in [3.63, 3.8) is 0 Å². The van der Waals surface area contributed by atoms with Gasteiger partial charge in [-0.3, -0.25) is 0 Å². The predicted molar refractivity (Wildman–Crippen MR) is 88.0 cm³/mol. The third-order valence-electron chi connectivity index (χ3n) is 4.51. The molecule has 0 amide bonds. The Kier molecular flexibility index (Phi) is 4.91. The van der Waals surface area contributed by atoms with E-state index in [1.54, 1.807) is 0 Å². The number of hydrogen-bond donors (Lipinski definition) is 0. The molecular weight excluding hydrogens is 290 g/mol. The summed E-state index contributed by atoms with van der Waals surface area (Å²) in [6, 6.07) is 8.13. The van der Waals surface area contributed by atoms with Gasteiger partial charge in [-0.1, -0.05) is 24.1 Å². The molecule has 2 atom stereocenters. The van der Waals surface area contributed by atoms with E-state index in [1.165, 1.54) is 5.56 Å². The van der Waals surface area contributed by atoms with Crippen molar-refractivity contribution in [1.82, 2.24) is 4.98 Å². The minimum atomic E-state index is 0.148. The van der Waals surface area contributed by atoms with E-state index in [2.05, 4.69) is 11.9 Å². The van der Waals surface area contributed by atoms with Crippen LogP contribution in [0.3, 0.4) is 0 Å². The fraction of sp³-hybridized carbons (Fsp3) is 0.474. The van der Waals surface area contributed by atoms with Gasteiger partial charge >= 0.3 is 0 Å². The Bertz CT molecular complexity index is 660. The molecule has 0 unspecified atom stereocenters. The van der Waals surface area contributed by atoms with Gasteiger partial charge in [0.15, 0.2) is 0 Å². The van der Waals surface area contributed by atoms with E-state index in [0.717, 1.165) is 49.0 Å². The Morgan fingerprint density at radius 3 is 2.78 bits per heavy atom. The summed E-state index contributed by atoms with van der Waals surface area (Å²) < 4.78 is 11.7. The van der Waals surface area contributed by atoms with E-state index >= 15 is 0 Å². The van der Waals surface area contributed by atoms with Crippen molar-refractivity contribution in [1.29, 1.82) is 0 Å². The minimum Gasteiger partial charge on any atom is -0.441 e. The van der Waals surface area contributed by atoms with Crippen molar-refractivity contribution >= 4 is 6.29 Å². The molecule has 4 nitrogen and oxygen atoms in total. The lowest BCUT2D eigenvalue weighted by molar-refractivity contribution is -0.114. The number of aromatic nitrogens is 1. The number of carbonyl (C=O) groups is 1. The van der Waals surface area contributed by atoms with Crippen molar-refractivity contribution < 1.29 is 13.9 Å². The number of carbonyl (C=O) groups excluding carboxylic acids is 1. The summed E-state index contributed by atoms with van der Waals surface area (Å²) in [5.74, 6) is 1.58. The molecule has 4 heteroatoms. The molecule has 0 N–H and O–H groups in total. The highest BCUT2D eigenvalue weighted by atomic mass is 16.5. The average Bonchev–Trinajstić information content (AvgIpc) is 2.95. The Morgan fingerprint density at radius 2 is 2.04 bits per heavy atom. The molecule has 23 heavy (non-hydrogen) atoms. The zero-order valence-corrected chi connectivity index (χ0v) is 13.7. The molecule has 0 saturated heterocycles. The molecule has 1 aromatic carbocycles. The van der Waals surface area contributed by atoms with Crippen molar-refractivity contribution in [2.24, 2.45) is 5.92 Å². The number of hydrogen-bond acceptors (Lipinski definition) is 4. The van der Waals surface area contributed by atoms with Crippen LogP contribution in [-0.2, 0) is 16.1 Å². The first-order valence-corrected chi connectivity index (χ1v) is 8.26. The van der Waals surface area contributed by atoms with Gasteiger partial charge in [0.05, 0.1) is 12.7 Å². The van der Waals surface area contributed by atoms with Gasteiger partial charge in [0.2, 0.25) is 5.89 Å². The number of oxazole rings is 1. The number of aldehydes is 1. The summed E-state index contributed by atoms with van der Waals surface area (Å²) in [6.45, 7) is 4.41. The van der Waals surface area contributed by atoms with Crippen molar-refractivity contribution in [2.75, 3.05) is 0 Å². The molecule has 3 rings (SSSR count). The van der Waals surface area contributed by atoms with Gasteiger partial charge in [-0.25, -0.2) is 4.98 Å². The summed E-state index contributed by atoms with van der Waals surface area (Å²) >= 11 is 0. The van der Waals surface area contributed by atoms with Crippen LogP contribution < -0.4 is 0 Å². The molecule has 0 bridgehead atoms. The van der Waals surface area contributed by atoms with Crippen LogP contribution in [0.1, 0.15) is 42.7 Å². The van der Waals surface area contributed by atoms with Crippen LogP contribution in [0, 0.1) is 19.8 Å². The van der Waals surface area contributed by atoms with Crippen LogP contribution in [0.5, 0.6) is 0 Å². The number of ether oxygens (including phenoxy) is 1. The molecule has 0 aliphatic heterocycles. The first-order valence-electron chi connectivity index (χ1n) is 8.26. The Hall–Kier alpha value is -1.94. The lowest BCUT2D eigenvalue weighted by Crippen LogP contribution is -2.23. The number of rotatable bonds is 5. The number of benzene rings is 1. The van der Waals surface area contributed by atoms with E-state index in [1.807, 2.05) is 31.2 Å². The largest absolute Gasteiger partial charge is 0.441 e. The number of nitrogens with zero attached hydrogens (tertiary/aromatic N) is 1. The molecule has 1 aliphatic carbocycles. The maximum atomic E-state index is 10.9. The highest BCUT2D eigenvalue weighted by Gasteiger charge is 2.23. The van der Waals surface area contributed by atoms with Crippen LogP contribution in [-0.4, -0.2) is 17.4 Å². The van der Waals surface area contributed by atoms with Gasteiger partial charge in [0.1, 0.15) is 17.7 Å². The zero-order chi connectivity index (χ0) is 16.2. The van der Waals surface area contributed by atoms with Crippen LogP contribution >= 0.6 is 0 Å². The van der Waals surface area contributed by atoms with Gasteiger partial charge in [-0.2, -0.15) is 0 Å². The smallest absolute Gasteiger partial charge is 0.226 e. The summed E-state index contributed by atoms with van der Waals surface area (Å²) in [4.78, 5) is 15.5. The fourth-order valence-corrected chi connectivity index (χ4v) is 3.03. The molecule has 2 aromatic rings. The topological polar surface area (TPSA) is 52.3 Å². The molecule has 1 heterocycles. The lowest BCUT2D eigenvalue weighted by atomic mass is 9.88. The van der Waals surface area contributed by atoms with E-state index in [4.69, 9.17) is 9.15 Å². The SMILES string of the molecule is Cc1ccc(-c2nc(CO[C@@H]3CCC[C@H](C=O)C3)c(C)o2)cc1. The zero-order valence-electron chi connectivity index (χ0n) is 13.7. The van der Waals surface area contributed by atoms with Crippen molar-refractivity contribution in [3.05, 3.63) is 41.3 Å². The second-order valence-corrected chi connectivity index (χ2v) is 6.38. The van der Waals surface area contributed by atoms with Crippen molar-refractivity contribution in [3.8, 4) is 11.5 Å².